The number of carbonyl (C=O) groups excluding carboxylic acids is 5. The lowest BCUT2D eigenvalue weighted by molar-refractivity contribution is -0.147. The molecule has 0 unspecified atom stereocenters. The maximum absolute atomic E-state index is 15.0. The third-order valence-corrected chi connectivity index (χ3v) is 16.7. The van der Waals surface area contributed by atoms with Gasteiger partial charge in [-0.2, -0.15) is 4.31 Å². The zero-order chi connectivity index (χ0) is 40.1. The van der Waals surface area contributed by atoms with Crippen molar-refractivity contribution in [1.82, 2.24) is 19.5 Å². The monoisotopic (exact) mass is 780 g/mol. The van der Waals surface area contributed by atoms with E-state index in [2.05, 4.69) is 24.1 Å². The van der Waals surface area contributed by atoms with Gasteiger partial charge in [0.1, 0.15) is 0 Å². The van der Waals surface area contributed by atoms with E-state index in [0.717, 1.165) is 44.9 Å². The van der Waals surface area contributed by atoms with Gasteiger partial charge in [-0.3, -0.25) is 24.0 Å². The first kappa shape index (κ1) is 41.6. The summed E-state index contributed by atoms with van der Waals surface area (Å²) in [6.45, 7) is 12.8. The molecule has 1 aromatic rings. The highest BCUT2D eigenvalue weighted by atomic mass is 32.2. The number of pyridine rings is 1. The van der Waals surface area contributed by atoms with Crippen molar-refractivity contribution in [3.8, 4) is 0 Å². The van der Waals surface area contributed by atoms with Gasteiger partial charge < -0.3 is 10.2 Å². The largest absolute Gasteiger partial charge is 0.352 e. The number of nitrogens with zero attached hydrogens (tertiary/aromatic N) is 3. The molecule has 1 aromatic heterocycles. The van der Waals surface area contributed by atoms with Crippen LogP contribution in [-0.4, -0.2) is 83.5 Å². The lowest BCUT2D eigenvalue weighted by atomic mass is 9.73. The van der Waals surface area contributed by atoms with Gasteiger partial charge in [0.05, 0.1) is 12.0 Å². The maximum Gasteiger partial charge on any atom is 0.260 e. The van der Waals surface area contributed by atoms with E-state index >= 15 is 0 Å². The van der Waals surface area contributed by atoms with Crippen molar-refractivity contribution >= 4 is 39.2 Å². The van der Waals surface area contributed by atoms with Gasteiger partial charge in [-0.1, -0.05) is 73.3 Å². The highest BCUT2D eigenvalue weighted by molar-refractivity contribution is 7.89. The molecule has 2 spiro atoms. The van der Waals surface area contributed by atoms with Crippen LogP contribution in [0.1, 0.15) is 138 Å². The van der Waals surface area contributed by atoms with Gasteiger partial charge in [-0.25, -0.2) is 13.4 Å². The quantitative estimate of drug-likeness (QED) is 0.192. The number of aromatic nitrogens is 1. The Balaban J connectivity index is 1.22. The van der Waals surface area contributed by atoms with Crippen molar-refractivity contribution < 1.29 is 32.4 Å². The molecule has 4 aliphatic carbocycles. The molecule has 5 aliphatic rings. The Bertz CT molecular complexity index is 1760. The maximum atomic E-state index is 15.0. The molecule has 12 heteroatoms. The molecule has 6 rings (SSSR count). The van der Waals surface area contributed by atoms with Crippen LogP contribution in [0.15, 0.2) is 29.4 Å². The van der Waals surface area contributed by atoms with Gasteiger partial charge in [0.2, 0.25) is 17.6 Å². The predicted molar refractivity (Wildman–Crippen MR) is 209 cm³/mol. The number of hydrogen-bond acceptors (Lipinski definition) is 8. The minimum absolute atomic E-state index is 0.0446. The summed E-state index contributed by atoms with van der Waals surface area (Å²) in [4.78, 5) is 75.7. The molecule has 2 heterocycles. The van der Waals surface area contributed by atoms with E-state index in [-0.39, 0.29) is 69.8 Å². The Morgan fingerprint density at radius 3 is 2.24 bits per heavy atom. The van der Waals surface area contributed by atoms with Gasteiger partial charge >= 0.3 is 0 Å². The summed E-state index contributed by atoms with van der Waals surface area (Å²) in [5.41, 5.74) is -0.842. The number of amides is 2. The molecule has 6 atom stereocenters. The summed E-state index contributed by atoms with van der Waals surface area (Å²) in [7, 11) is -2.36. The number of fused-ring (bicyclic) bond motifs is 1. The van der Waals surface area contributed by atoms with Crippen LogP contribution in [0.25, 0.3) is 0 Å². The highest BCUT2D eigenvalue weighted by Gasteiger charge is 2.85. The topological polar surface area (TPSA) is 151 Å². The van der Waals surface area contributed by atoms with Gasteiger partial charge in [-0.05, 0) is 85.7 Å². The van der Waals surface area contributed by atoms with Gasteiger partial charge in [0.15, 0.2) is 16.6 Å². The Kier molecular flexibility index (Phi) is 11.7. The van der Waals surface area contributed by atoms with E-state index in [9.17, 15) is 32.4 Å². The van der Waals surface area contributed by atoms with E-state index in [1.165, 1.54) is 23.6 Å². The Hall–Kier alpha value is -2.99. The van der Waals surface area contributed by atoms with Crippen LogP contribution in [0.5, 0.6) is 0 Å². The Morgan fingerprint density at radius 1 is 0.982 bits per heavy atom. The highest BCUT2D eigenvalue weighted by Crippen LogP contribution is 2.88. The van der Waals surface area contributed by atoms with Crippen LogP contribution >= 0.6 is 0 Å². The van der Waals surface area contributed by atoms with E-state index in [4.69, 9.17) is 0 Å². The smallest absolute Gasteiger partial charge is 0.260 e. The van der Waals surface area contributed by atoms with Crippen molar-refractivity contribution in [2.75, 3.05) is 13.6 Å². The number of nitrogens with one attached hydrogen (secondary N) is 1. The summed E-state index contributed by atoms with van der Waals surface area (Å²) in [5.74, 6) is -2.68. The number of rotatable bonds is 16. The fourth-order valence-electron chi connectivity index (χ4n) is 11.0. The number of carbonyl (C=O) groups is 5. The minimum Gasteiger partial charge on any atom is -0.352 e. The van der Waals surface area contributed by atoms with Crippen molar-refractivity contribution in [2.24, 2.45) is 39.4 Å². The SMILES string of the molecule is CCC[C@H](CC(=O)[C@@H]1C[C@@]2(CN1C(=O)[C@@H](CC(=O)N[C@H]1CCCC[C@@H]1N(C)S(=O)(=O)c1ccccn1)C(C)(C)C)C(C)(C)C21CCC1)C(=O)C(=O)CC1CC1. The summed E-state index contributed by atoms with van der Waals surface area (Å²) >= 11 is 0. The second-order valence-electron chi connectivity index (χ2n) is 19.3. The second-order valence-corrected chi connectivity index (χ2v) is 21.2. The van der Waals surface area contributed by atoms with Crippen LogP contribution in [0.3, 0.4) is 0 Å². The van der Waals surface area contributed by atoms with Crippen molar-refractivity contribution in [1.29, 1.82) is 0 Å². The van der Waals surface area contributed by atoms with Crippen molar-refractivity contribution in [2.45, 2.75) is 161 Å². The van der Waals surface area contributed by atoms with E-state index in [1.54, 1.807) is 17.0 Å². The van der Waals surface area contributed by atoms with E-state index in [0.29, 0.717) is 38.6 Å². The average molecular weight is 781 g/mol. The number of likely N-dealkylation sites (N-methyl/N-ethyl adjacent to an activating group) is 1. The van der Waals surface area contributed by atoms with Crippen LogP contribution < -0.4 is 5.32 Å². The fourth-order valence-corrected chi connectivity index (χ4v) is 12.4. The molecule has 2 amide bonds. The molecule has 55 heavy (non-hydrogen) atoms. The molecule has 1 aliphatic heterocycles. The van der Waals surface area contributed by atoms with Crippen LogP contribution in [-0.2, 0) is 34.0 Å². The number of likely N-dealkylation sites (tertiary alicyclic amines) is 1. The van der Waals surface area contributed by atoms with Gasteiger partial charge in [0, 0.05) is 62.5 Å². The van der Waals surface area contributed by atoms with Gasteiger partial charge in [-0.15, -0.1) is 0 Å². The molecular weight excluding hydrogens is 717 g/mol. The zero-order valence-corrected chi connectivity index (χ0v) is 35.0. The van der Waals surface area contributed by atoms with Crippen LogP contribution in [0.2, 0.25) is 0 Å². The van der Waals surface area contributed by atoms with Gasteiger partial charge in [0.25, 0.3) is 10.0 Å². The van der Waals surface area contributed by atoms with Crippen LogP contribution in [0, 0.1) is 39.4 Å². The summed E-state index contributed by atoms with van der Waals surface area (Å²) in [5, 5.41) is 3.09. The normalized spacial score (nSPS) is 28.1. The average Bonchev–Trinajstić information content (AvgIpc) is 3.94. The molecule has 5 fully saturated rings. The minimum atomic E-state index is -3.90. The van der Waals surface area contributed by atoms with Crippen molar-refractivity contribution in [3.05, 3.63) is 24.4 Å². The Labute approximate surface area is 328 Å². The molecule has 304 valence electrons. The first-order valence-electron chi connectivity index (χ1n) is 20.9. The summed E-state index contributed by atoms with van der Waals surface area (Å²) < 4.78 is 28.4. The molecule has 4 saturated carbocycles. The number of hydrogen-bond donors (Lipinski definition) is 1. The third kappa shape index (κ3) is 7.60. The lowest BCUT2D eigenvalue weighted by Gasteiger charge is -2.38. The molecule has 0 bridgehead atoms. The number of Topliss-reactive ketones (excluding diaryl/α,β-unsaturated/α-hetero) is 3. The number of sulfonamides is 1. The number of ketones is 3. The zero-order valence-electron chi connectivity index (χ0n) is 34.2. The molecule has 1 saturated heterocycles. The summed E-state index contributed by atoms with van der Waals surface area (Å²) in [6.07, 6.45) is 11.2. The second kappa shape index (κ2) is 15.4. The van der Waals surface area contributed by atoms with Crippen LogP contribution in [0.4, 0.5) is 0 Å². The molecule has 11 nitrogen and oxygen atoms in total. The standard InChI is InChI=1S/C43H64N4O7S/c1-8-14-29(38(51)35(49)23-28-18-19-28)24-34(48)33-26-43(41(5,6)42(43)20-13-21-42)27-47(33)39(52)30(40(2,3)4)25-36(50)45-31-15-9-10-16-32(31)46(7)55(53,54)37-17-11-12-22-44-37/h11-12,17,22,28-33H,8-10,13-16,18-21,23-27H2,1-7H3,(H,45,50)/t29-,30-,31+,32+,33+,43-/m1/s1. The Morgan fingerprint density at radius 2 is 1.67 bits per heavy atom. The third-order valence-electron chi connectivity index (χ3n) is 14.9. The van der Waals surface area contributed by atoms with E-state index < -0.39 is 51.2 Å². The molecule has 1 N–H and O–H groups in total. The molecular formula is C43H64N4O7S. The summed E-state index contributed by atoms with van der Waals surface area (Å²) in [6, 6.07) is 3.13. The molecule has 0 aromatic carbocycles. The van der Waals surface area contributed by atoms with E-state index in [1.807, 2.05) is 27.7 Å². The first-order chi connectivity index (χ1) is 25.8. The molecule has 0 radical (unpaired) electrons. The fraction of sp³-hybridized carbons (Fsp3) is 0.767. The lowest BCUT2D eigenvalue weighted by Crippen LogP contribution is -2.54. The first-order valence-corrected chi connectivity index (χ1v) is 22.3. The van der Waals surface area contributed by atoms with Crippen molar-refractivity contribution in [3.63, 3.8) is 0 Å². The predicted octanol–water partition coefficient (Wildman–Crippen LogP) is 6.29.